The summed E-state index contributed by atoms with van der Waals surface area (Å²) in [6.45, 7) is 7.37. The second-order valence-electron chi connectivity index (χ2n) is 13.3. The number of hydrogen-bond donors (Lipinski definition) is 1. The van der Waals surface area contributed by atoms with Gasteiger partial charge in [0.05, 0.1) is 41.8 Å². The molecule has 3 heterocycles. The van der Waals surface area contributed by atoms with E-state index >= 15 is 0 Å². The second kappa shape index (κ2) is 13.5. The molecular weight excluding hydrogens is 576 g/mol. The van der Waals surface area contributed by atoms with E-state index in [2.05, 4.69) is 21.4 Å². The summed E-state index contributed by atoms with van der Waals surface area (Å²) in [7, 11) is 0. The molecule has 3 aliphatic rings. The number of allylic oxidation sites excluding steroid dienone is 2. The minimum absolute atomic E-state index is 0.0397. The summed E-state index contributed by atoms with van der Waals surface area (Å²) in [5.74, 6) is -0.774. The second-order valence-corrected chi connectivity index (χ2v) is 13.3. The number of fused-ring (bicyclic) bond motifs is 3. The third-order valence-electron chi connectivity index (χ3n) is 8.66. The Morgan fingerprint density at radius 1 is 1.11 bits per heavy atom. The molecule has 2 fully saturated rings. The fraction of sp³-hybridized carbons (Fsp3) is 0.588. The van der Waals surface area contributed by atoms with E-state index < -0.39 is 35.3 Å². The summed E-state index contributed by atoms with van der Waals surface area (Å²) in [5, 5.41) is 2.77. The van der Waals surface area contributed by atoms with Crippen molar-refractivity contribution in [2.75, 3.05) is 13.2 Å². The van der Waals surface area contributed by atoms with Crippen LogP contribution in [-0.4, -0.2) is 75.6 Å². The highest BCUT2D eigenvalue weighted by Gasteiger charge is 2.61. The Labute approximate surface area is 264 Å². The largest absolute Gasteiger partial charge is 0.471 e. The van der Waals surface area contributed by atoms with Crippen LogP contribution in [-0.2, 0) is 23.9 Å². The Bertz CT molecular complexity index is 1450. The van der Waals surface area contributed by atoms with Crippen molar-refractivity contribution >= 4 is 34.8 Å². The first-order valence-electron chi connectivity index (χ1n) is 16.0. The number of aromatic nitrogens is 2. The van der Waals surface area contributed by atoms with E-state index in [1.54, 1.807) is 27.7 Å². The highest BCUT2D eigenvalue weighted by molar-refractivity contribution is 5.96. The molecular formula is C34H44N4O7. The van der Waals surface area contributed by atoms with Crippen molar-refractivity contribution in [3.05, 3.63) is 42.6 Å². The number of benzene rings is 1. The van der Waals surface area contributed by atoms with E-state index in [9.17, 15) is 19.2 Å². The number of Topliss-reactive ketones (excluding diaryl/α,β-unsaturated/α-hetero) is 1. The van der Waals surface area contributed by atoms with Gasteiger partial charge in [0.1, 0.15) is 17.7 Å². The van der Waals surface area contributed by atoms with E-state index in [1.165, 1.54) is 11.1 Å². The highest BCUT2D eigenvalue weighted by Crippen LogP contribution is 2.57. The van der Waals surface area contributed by atoms with Gasteiger partial charge in [-0.3, -0.25) is 14.4 Å². The molecule has 2 aliphatic heterocycles. The topological polar surface area (TPSA) is 137 Å². The van der Waals surface area contributed by atoms with Crippen LogP contribution < -0.4 is 10.1 Å². The molecule has 0 spiro atoms. The zero-order valence-corrected chi connectivity index (χ0v) is 26.6. The summed E-state index contributed by atoms with van der Waals surface area (Å²) < 4.78 is 17.1. The highest BCUT2D eigenvalue weighted by atomic mass is 16.6. The van der Waals surface area contributed by atoms with Gasteiger partial charge in [0.2, 0.25) is 11.8 Å². The molecule has 45 heavy (non-hydrogen) atoms. The summed E-state index contributed by atoms with van der Waals surface area (Å²) in [5.41, 5.74) is -0.286. The van der Waals surface area contributed by atoms with Crippen LogP contribution in [0.15, 0.2) is 42.6 Å². The van der Waals surface area contributed by atoms with E-state index in [4.69, 9.17) is 14.2 Å². The van der Waals surface area contributed by atoms with Gasteiger partial charge in [0, 0.05) is 12.8 Å². The van der Waals surface area contributed by atoms with Crippen molar-refractivity contribution < 1.29 is 33.4 Å². The van der Waals surface area contributed by atoms with Crippen molar-refractivity contribution in [3.8, 4) is 5.88 Å². The van der Waals surface area contributed by atoms with Crippen molar-refractivity contribution in [1.82, 2.24) is 20.2 Å². The van der Waals surface area contributed by atoms with Crippen molar-refractivity contribution in [2.45, 2.75) is 103 Å². The summed E-state index contributed by atoms with van der Waals surface area (Å²) in [6.07, 6.45) is 8.81. The van der Waals surface area contributed by atoms with Gasteiger partial charge in [-0.25, -0.2) is 14.8 Å². The van der Waals surface area contributed by atoms with Crippen LogP contribution in [0.1, 0.15) is 79.1 Å². The fourth-order valence-corrected chi connectivity index (χ4v) is 6.35. The molecule has 11 heteroatoms. The van der Waals surface area contributed by atoms with E-state index in [-0.39, 0.29) is 49.6 Å². The molecule has 1 N–H and O–H groups in total. The molecule has 1 saturated carbocycles. The van der Waals surface area contributed by atoms with Crippen LogP contribution >= 0.6 is 0 Å². The minimum Gasteiger partial charge on any atom is -0.471 e. The SMILES string of the molecule is CCOC(=O)[C@]12CC(=O)[C@@H]3C[C@@H](Oc4cnc5ccccc5n4)CN3C(=O)[C@@H](NC(=O)OC(C)(C)C)CCCCC/C=C\[C@@H]1C2. The quantitative estimate of drug-likeness (QED) is 0.365. The van der Waals surface area contributed by atoms with E-state index in [0.29, 0.717) is 30.7 Å². The van der Waals surface area contributed by atoms with Gasteiger partial charge >= 0.3 is 12.1 Å². The number of ether oxygens (including phenoxy) is 3. The predicted octanol–water partition coefficient (Wildman–Crippen LogP) is 4.92. The number of para-hydroxylation sites is 2. The first-order valence-corrected chi connectivity index (χ1v) is 16.0. The Hall–Kier alpha value is -4.02. The summed E-state index contributed by atoms with van der Waals surface area (Å²) in [6, 6.07) is 5.70. The van der Waals surface area contributed by atoms with Gasteiger partial charge in [0.25, 0.3) is 0 Å². The monoisotopic (exact) mass is 620 g/mol. The average Bonchev–Trinajstić information content (AvgIpc) is 3.51. The Morgan fingerprint density at radius 3 is 2.64 bits per heavy atom. The number of carbonyl (C=O) groups excluding carboxylic acids is 4. The zero-order chi connectivity index (χ0) is 32.2. The molecule has 5 atom stereocenters. The predicted molar refractivity (Wildman–Crippen MR) is 166 cm³/mol. The number of esters is 1. The normalized spacial score (nSPS) is 28.2. The summed E-state index contributed by atoms with van der Waals surface area (Å²) in [4.78, 5) is 64.8. The van der Waals surface area contributed by atoms with Gasteiger partial charge in [-0.2, -0.15) is 0 Å². The number of alkyl carbamates (subject to hydrolysis) is 1. The van der Waals surface area contributed by atoms with Gasteiger partial charge in [0.15, 0.2) is 5.78 Å². The molecule has 2 amide bonds. The van der Waals surface area contributed by atoms with Gasteiger partial charge < -0.3 is 24.4 Å². The van der Waals surface area contributed by atoms with Crippen LogP contribution in [0.4, 0.5) is 4.79 Å². The molecule has 5 rings (SSSR count). The van der Waals surface area contributed by atoms with Crippen LogP contribution in [0.25, 0.3) is 11.0 Å². The van der Waals surface area contributed by atoms with E-state index in [1.807, 2.05) is 30.3 Å². The van der Waals surface area contributed by atoms with Crippen LogP contribution in [0.3, 0.4) is 0 Å². The maximum Gasteiger partial charge on any atom is 0.408 e. The van der Waals surface area contributed by atoms with Gasteiger partial charge in [-0.05, 0) is 71.4 Å². The molecule has 1 aromatic carbocycles. The lowest BCUT2D eigenvalue weighted by Gasteiger charge is -2.30. The summed E-state index contributed by atoms with van der Waals surface area (Å²) >= 11 is 0. The Kier molecular flexibility index (Phi) is 9.74. The number of rotatable bonds is 5. The lowest BCUT2D eigenvalue weighted by molar-refractivity contribution is -0.152. The standard InChI is InChI=1S/C34H44N4O7/c1-5-43-31(41)34-18-22(34)13-9-7-6-8-10-16-26(37-32(42)45-33(2,3)4)30(40)38-21-23(17-27(38)28(39)19-34)44-29-20-35-24-14-11-12-15-25(24)36-29/h9,11-15,20,22-23,26-27H,5-8,10,16-19,21H2,1-4H3,(H,37,42)/b13-9-/t22-,23-,26+,27+,34-/m1/s1. The first kappa shape index (κ1) is 32.4. The Morgan fingerprint density at radius 2 is 1.89 bits per heavy atom. The lowest BCUT2D eigenvalue weighted by atomic mass is 9.91. The third-order valence-corrected chi connectivity index (χ3v) is 8.66. The number of amides is 2. The van der Waals surface area contributed by atoms with Crippen LogP contribution in [0.5, 0.6) is 5.88 Å². The molecule has 0 unspecified atom stereocenters. The maximum absolute atomic E-state index is 14.2. The van der Waals surface area contributed by atoms with Gasteiger partial charge in [-0.15, -0.1) is 0 Å². The first-order chi connectivity index (χ1) is 21.5. The molecule has 1 aliphatic carbocycles. The molecule has 0 radical (unpaired) electrons. The number of nitrogens with one attached hydrogen (secondary N) is 1. The lowest BCUT2D eigenvalue weighted by Crippen LogP contribution is -2.52. The average molecular weight is 621 g/mol. The third kappa shape index (κ3) is 7.80. The zero-order valence-electron chi connectivity index (χ0n) is 26.6. The maximum atomic E-state index is 14.2. The molecule has 242 valence electrons. The number of nitrogens with zero attached hydrogens (tertiary/aromatic N) is 3. The van der Waals surface area contributed by atoms with Gasteiger partial charge in [-0.1, -0.05) is 37.1 Å². The number of ketones is 1. The number of carbonyl (C=O) groups is 4. The molecule has 1 aromatic heterocycles. The van der Waals surface area contributed by atoms with Crippen molar-refractivity contribution in [1.29, 1.82) is 0 Å². The molecule has 2 aromatic rings. The molecule has 11 nitrogen and oxygen atoms in total. The fourth-order valence-electron chi connectivity index (χ4n) is 6.35. The van der Waals surface area contributed by atoms with Crippen LogP contribution in [0.2, 0.25) is 0 Å². The van der Waals surface area contributed by atoms with Crippen LogP contribution in [0, 0.1) is 11.3 Å². The minimum atomic E-state index is -0.935. The smallest absolute Gasteiger partial charge is 0.408 e. The Balaban J connectivity index is 1.43. The van der Waals surface area contributed by atoms with Crippen molar-refractivity contribution in [2.24, 2.45) is 11.3 Å². The van der Waals surface area contributed by atoms with Crippen molar-refractivity contribution in [3.63, 3.8) is 0 Å². The number of hydrogen-bond acceptors (Lipinski definition) is 9. The molecule has 1 saturated heterocycles. The van der Waals surface area contributed by atoms with E-state index in [0.717, 1.165) is 24.8 Å². The molecule has 0 bridgehead atoms.